The van der Waals surface area contributed by atoms with Gasteiger partial charge in [0.25, 0.3) is 0 Å². The molecule has 6 heteroatoms. The van der Waals surface area contributed by atoms with Crippen molar-refractivity contribution < 1.29 is 0 Å². The fourth-order valence-corrected chi connectivity index (χ4v) is 0.663. The molecule has 0 atom stereocenters. The Bertz CT molecular complexity index is 351. The number of rotatable bonds is 0. The van der Waals surface area contributed by atoms with Gasteiger partial charge >= 0.3 is 0 Å². The Balaban J connectivity index is 2.86. The smallest absolute Gasteiger partial charge is 0.200 e. The van der Waals surface area contributed by atoms with Crippen molar-refractivity contribution in [3.8, 4) is 0 Å². The lowest BCUT2D eigenvalue weighted by molar-refractivity contribution is 0.737. The van der Waals surface area contributed by atoms with Gasteiger partial charge in [-0.25, -0.2) is 0 Å². The summed E-state index contributed by atoms with van der Waals surface area (Å²) in [6.07, 6.45) is 0. The highest BCUT2D eigenvalue weighted by atomic mass is 15.6. The van der Waals surface area contributed by atoms with Crippen LogP contribution in [0.3, 0.4) is 0 Å². The topological polar surface area (TPSA) is 82.0 Å². The number of tetrazole rings is 1. The quantitative estimate of drug-likeness (QED) is 0.507. The minimum Gasteiger partial charge on any atom is -0.382 e. The van der Waals surface area contributed by atoms with Crippen LogP contribution in [-0.2, 0) is 0 Å². The predicted molar refractivity (Wildman–Crippen MR) is 33.0 cm³/mol. The largest absolute Gasteiger partial charge is 0.382 e. The van der Waals surface area contributed by atoms with E-state index in [1.54, 1.807) is 12.1 Å². The van der Waals surface area contributed by atoms with Gasteiger partial charge in [-0.15, -0.1) is 14.8 Å². The van der Waals surface area contributed by atoms with Gasteiger partial charge in [-0.3, -0.25) is 0 Å². The van der Waals surface area contributed by atoms with Crippen molar-refractivity contribution in [2.75, 3.05) is 5.73 Å². The van der Waals surface area contributed by atoms with Gasteiger partial charge < -0.3 is 5.73 Å². The van der Waals surface area contributed by atoms with Gasteiger partial charge in [0.1, 0.15) is 5.82 Å². The Morgan fingerprint density at radius 1 is 1.40 bits per heavy atom. The van der Waals surface area contributed by atoms with Crippen LogP contribution in [-0.4, -0.2) is 25.3 Å². The van der Waals surface area contributed by atoms with Gasteiger partial charge in [0.05, 0.1) is 0 Å². The monoisotopic (exact) mass is 136 g/mol. The second kappa shape index (κ2) is 1.63. The lowest BCUT2D eigenvalue weighted by atomic mass is 10.5. The minimum absolute atomic E-state index is 0.403. The van der Waals surface area contributed by atoms with E-state index in [0.717, 1.165) is 0 Å². The van der Waals surface area contributed by atoms with E-state index >= 15 is 0 Å². The summed E-state index contributed by atoms with van der Waals surface area (Å²) in [4.78, 5) is 0. The zero-order chi connectivity index (χ0) is 6.97. The molecule has 0 saturated carbocycles. The average Bonchev–Trinajstić information content (AvgIpc) is 2.33. The first kappa shape index (κ1) is 5.10. The van der Waals surface area contributed by atoms with Crippen LogP contribution in [0.4, 0.5) is 5.82 Å². The van der Waals surface area contributed by atoms with Gasteiger partial charge in [0, 0.05) is 0 Å². The van der Waals surface area contributed by atoms with Gasteiger partial charge in [-0.2, -0.15) is 0 Å². The summed E-state index contributed by atoms with van der Waals surface area (Å²) in [6.45, 7) is 0. The molecule has 0 radical (unpaired) electrons. The van der Waals surface area contributed by atoms with E-state index < -0.39 is 0 Å². The molecule has 2 aromatic rings. The van der Waals surface area contributed by atoms with Crippen LogP contribution in [0.15, 0.2) is 12.1 Å². The molecule has 50 valence electrons. The summed E-state index contributed by atoms with van der Waals surface area (Å²) < 4.78 is 1.27. The van der Waals surface area contributed by atoms with Gasteiger partial charge in [0.15, 0.2) is 5.65 Å². The molecule has 0 bridgehead atoms. The summed E-state index contributed by atoms with van der Waals surface area (Å²) in [5.74, 6) is 0.403. The van der Waals surface area contributed by atoms with Crippen LogP contribution in [0.25, 0.3) is 5.65 Å². The number of nitrogens with two attached hydrogens (primary N) is 1. The summed E-state index contributed by atoms with van der Waals surface area (Å²) in [6, 6.07) is 3.34. The number of nitrogen functional groups attached to an aromatic ring is 1. The van der Waals surface area contributed by atoms with E-state index in [2.05, 4.69) is 20.6 Å². The Kier molecular flexibility index (Phi) is 0.830. The van der Waals surface area contributed by atoms with Crippen molar-refractivity contribution in [2.45, 2.75) is 0 Å². The van der Waals surface area contributed by atoms with E-state index in [-0.39, 0.29) is 0 Å². The maximum Gasteiger partial charge on any atom is 0.200 e. The first-order chi connectivity index (χ1) is 4.86. The fourth-order valence-electron chi connectivity index (χ4n) is 0.663. The SMILES string of the molecule is Nc1ccc2nnnn2n1. The number of hydrogen-bond donors (Lipinski definition) is 1. The molecule has 0 fully saturated rings. The molecule has 0 spiro atoms. The third kappa shape index (κ3) is 0.586. The molecule has 2 aromatic heterocycles. The Hall–Kier alpha value is -1.72. The molecule has 0 unspecified atom stereocenters. The summed E-state index contributed by atoms with van der Waals surface area (Å²) in [5, 5.41) is 14.4. The highest BCUT2D eigenvalue weighted by Gasteiger charge is 1.95. The highest BCUT2D eigenvalue weighted by molar-refractivity contribution is 5.38. The van der Waals surface area contributed by atoms with Crippen molar-refractivity contribution in [3.05, 3.63) is 12.1 Å². The Labute approximate surface area is 55.6 Å². The third-order valence-corrected chi connectivity index (χ3v) is 1.09. The molecule has 0 aromatic carbocycles. The van der Waals surface area contributed by atoms with Crippen LogP contribution in [0.5, 0.6) is 0 Å². The molecule has 2 N–H and O–H groups in total. The van der Waals surface area contributed by atoms with Crippen LogP contribution < -0.4 is 5.73 Å². The zero-order valence-electron chi connectivity index (χ0n) is 4.97. The molecule has 2 heterocycles. The lowest BCUT2D eigenvalue weighted by Gasteiger charge is -1.88. The van der Waals surface area contributed by atoms with E-state index in [1.807, 2.05) is 0 Å². The van der Waals surface area contributed by atoms with Gasteiger partial charge in [0.2, 0.25) is 0 Å². The van der Waals surface area contributed by atoms with Crippen LogP contribution in [0, 0.1) is 0 Å². The summed E-state index contributed by atoms with van der Waals surface area (Å²) >= 11 is 0. The lowest BCUT2D eigenvalue weighted by Crippen LogP contribution is -1.98. The van der Waals surface area contributed by atoms with Gasteiger partial charge in [-0.05, 0) is 22.6 Å². The molecular weight excluding hydrogens is 132 g/mol. The van der Waals surface area contributed by atoms with Crippen LogP contribution >= 0.6 is 0 Å². The van der Waals surface area contributed by atoms with Crippen molar-refractivity contribution in [2.24, 2.45) is 0 Å². The zero-order valence-corrected chi connectivity index (χ0v) is 4.97. The number of aromatic nitrogens is 5. The first-order valence-corrected chi connectivity index (χ1v) is 2.67. The third-order valence-electron chi connectivity index (χ3n) is 1.09. The molecule has 0 aliphatic heterocycles. The molecule has 0 amide bonds. The van der Waals surface area contributed by atoms with Crippen LogP contribution in [0.1, 0.15) is 0 Å². The van der Waals surface area contributed by atoms with Crippen LogP contribution in [0.2, 0.25) is 0 Å². The number of anilines is 1. The van der Waals surface area contributed by atoms with Crippen molar-refractivity contribution >= 4 is 11.5 Å². The van der Waals surface area contributed by atoms with E-state index in [0.29, 0.717) is 11.5 Å². The summed E-state index contributed by atoms with van der Waals surface area (Å²) in [7, 11) is 0. The standard InChI is InChI=1S/C4H4N6/c5-3-1-2-4-6-8-9-10(4)7-3/h1-2H,(H2,5,7). The van der Waals surface area contributed by atoms with E-state index in [1.165, 1.54) is 4.63 Å². The maximum atomic E-state index is 5.36. The molecule has 0 aliphatic carbocycles. The van der Waals surface area contributed by atoms with Gasteiger partial charge in [-0.1, -0.05) is 0 Å². The number of hydrogen-bond acceptors (Lipinski definition) is 5. The molecular formula is C4H4N6. The molecule has 0 saturated heterocycles. The second-order valence-corrected chi connectivity index (χ2v) is 1.78. The normalized spacial score (nSPS) is 10.4. The fraction of sp³-hybridized carbons (Fsp3) is 0. The van der Waals surface area contributed by atoms with Crippen molar-refractivity contribution in [1.29, 1.82) is 0 Å². The molecule has 6 nitrogen and oxygen atoms in total. The Morgan fingerprint density at radius 3 is 3.20 bits per heavy atom. The molecule has 0 aliphatic rings. The maximum absolute atomic E-state index is 5.36. The second-order valence-electron chi connectivity index (χ2n) is 1.78. The highest BCUT2D eigenvalue weighted by Crippen LogP contribution is 1.96. The summed E-state index contributed by atoms with van der Waals surface area (Å²) in [5.41, 5.74) is 5.95. The Morgan fingerprint density at radius 2 is 2.30 bits per heavy atom. The first-order valence-electron chi connectivity index (χ1n) is 2.67. The number of nitrogens with zero attached hydrogens (tertiary/aromatic N) is 5. The average molecular weight is 136 g/mol. The molecule has 10 heavy (non-hydrogen) atoms. The van der Waals surface area contributed by atoms with E-state index in [4.69, 9.17) is 5.73 Å². The predicted octanol–water partition coefficient (Wildman–Crippen LogP) is -0.899. The van der Waals surface area contributed by atoms with Crippen molar-refractivity contribution in [3.63, 3.8) is 0 Å². The van der Waals surface area contributed by atoms with E-state index in [9.17, 15) is 0 Å². The van der Waals surface area contributed by atoms with Crippen molar-refractivity contribution in [1.82, 2.24) is 25.3 Å². The number of fused-ring (bicyclic) bond motifs is 1. The molecule has 2 rings (SSSR count). The minimum atomic E-state index is 0.403.